The first-order chi connectivity index (χ1) is 6.00. The third-order valence-corrected chi connectivity index (χ3v) is 2.15. The minimum absolute atomic E-state index is 0. The molecule has 14 heavy (non-hydrogen) atoms. The van der Waals surface area contributed by atoms with Gasteiger partial charge in [-0.05, 0) is 38.5 Å². The molecular weight excluding hydrogens is 306 g/mol. The van der Waals surface area contributed by atoms with Crippen molar-refractivity contribution in [3.63, 3.8) is 0 Å². The second-order valence-electron chi connectivity index (χ2n) is 3.35. The maximum atomic E-state index is 5.07. The molecule has 86 valence electrons. The van der Waals surface area contributed by atoms with E-state index in [-0.39, 0.29) is 36.3 Å². The Labute approximate surface area is 110 Å². The molecule has 2 fully saturated rings. The molecule has 0 atom stereocenters. The van der Waals surface area contributed by atoms with Crippen molar-refractivity contribution in [2.24, 2.45) is 0 Å². The number of halogens is 1. The van der Waals surface area contributed by atoms with Crippen molar-refractivity contribution < 1.29 is 9.47 Å². The fourth-order valence-corrected chi connectivity index (χ4v) is 1.37. The van der Waals surface area contributed by atoms with E-state index in [1.54, 1.807) is 0 Å². The van der Waals surface area contributed by atoms with Crippen LogP contribution in [0, 0.1) is 0 Å². The molecule has 2 heterocycles. The van der Waals surface area contributed by atoms with Gasteiger partial charge in [0.1, 0.15) is 0 Å². The van der Waals surface area contributed by atoms with E-state index in [1.165, 1.54) is 38.5 Å². The first-order valence-electron chi connectivity index (χ1n) is 5.15. The van der Waals surface area contributed by atoms with Crippen LogP contribution in [-0.4, -0.2) is 50.3 Å². The van der Waals surface area contributed by atoms with Crippen molar-refractivity contribution in [1.82, 2.24) is 0 Å². The van der Waals surface area contributed by atoms with Crippen molar-refractivity contribution in [3.05, 3.63) is 0 Å². The average molecular weight is 329 g/mol. The molecular formula is C10H23ClO2Sn. The van der Waals surface area contributed by atoms with Gasteiger partial charge in [-0.25, -0.2) is 0 Å². The second-order valence-corrected chi connectivity index (χ2v) is 3.35. The summed E-state index contributed by atoms with van der Waals surface area (Å²) in [6, 6.07) is 0. The number of hydrogen-bond donors (Lipinski definition) is 0. The molecule has 0 aromatic carbocycles. The van der Waals surface area contributed by atoms with E-state index >= 15 is 0 Å². The Morgan fingerprint density at radius 1 is 0.500 bits per heavy atom. The van der Waals surface area contributed by atoms with Gasteiger partial charge in [-0.2, -0.15) is 0 Å². The van der Waals surface area contributed by atoms with E-state index in [0.717, 1.165) is 26.4 Å². The number of hydrogen-bond acceptors (Lipinski definition) is 2. The average Bonchev–Trinajstić information content (AvgIpc) is 2.24. The molecule has 2 rings (SSSR count). The van der Waals surface area contributed by atoms with Gasteiger partial charge in [0.2, 0.25) is 0 Å². The Morgan fingerprint density at radius 3 is 0.857 bits per heavy atom. The van der Waals surface area contributed by atoms with Crippen LogP contribution in [0.1, 0.15) is 38.5 Å². The zero-order chi connectivity index (χ0) is 8.49. The van der Waals surface area contributed by atoms with Gasteiger partial charge in [0.05, 0.1) is 0 Å². The second kappa shape index (κ2) is 14.0. The maximum absolute atomic E-state index is 5.07. The molecule has 0 bridgehead atoms. The molecule has 0 saturated carbocycles. The summed E-state index contributed by atoms with van der Waals surface area (Å²) < 4.78 is 10.1. The minimum atomic E-state index is 0. The van der Waals surface area contributed by atoms with Gasteiger partial charge in [-0.1, -0.05) is 0 Å². The Kier molecular flexibility index (Phi) is 17.4. The first kappa shape index (κ1) is 17.4. The van der Waals surface area contributed by atoms with Crippen molar-refractivity contribution in [1.29, 1.82) is 0 Å². The third kappa shape index (κ3) is 11.1. The van der Waals surface area contributed by atoms with Crippen LogP contribution in [0.2, 0.25) is 0 Å². The molecule has 0 amide bonds. The fraction of sp³-hybridized carbons (Fsp3) is 1.00. The molecule has 2 radical (unpaired) electrons. The van der Waals surface area contributed by atoms with Crippen LogP contribution in [0.5, 0.6) is 0 Å². The molecule has 0 aromatic rings. The SMILES string of the molecule is C1CCOCC1.C1CCOCC1.Cl.[SnH2]. The normalized spacial score (nSPS) is 20.6. The topological polar surface area (TPSA) is 18.5 Å². The zero-order valence-electron chi connectivity index (χ0n) is 9.00. The fourth-order valence-electron chi connectivity index (χ4n) is 1.37. The number of rotatable bonds is 0. The zero-order valence-corrected chi connectivity index (χ0v) is 13.9. The quantitative estimate of drug-likeness (QED) is 0.632. The molecule has 2 aliphatic heterocycles. The van der Waals surface area contributed by atoms with E-state index in [9.17, 15) is 0 Å². The Balaban J connectivity index is 0. The Hall–Kier alpha value is 1.01. The summed E-state index contributed by atoms with van der Waals surface area (Å²) in [5.74, 6) is 0. The monoisotopic (exact) mass is 330 g/mol. The van der Waals surface area contributed by atoms with E-state index in [2.05, 4.69) is 0 Å². The van der Waals surface area contributed by atoms with Crippen LogP contribution in [0.25, 0.3) is 0 Å². The predicted octanol–water partition coefficient (Wildman–Crippen LogP) is 1.88. The van der Waals surface area contributed by atoms with Gasteiger partial charge in [-0.3, -0.25) is 0 Å². The molecule has 0 aliphatic carbocycles. The summed E-state index contributed by atoms with van der Waals surface area (Å²) in [6.07, 6.45) is 7.86. The predicted molar refractivity (Wildman–Crippen MR) is 65.1 cm³/mol. The molecule has 4 heteroatoms. The van der Waals surface area contributed by atoms with Crippen LogP contribution in [0.15, 0.2) is 0 Å². The summed E-state index contributed by atoms with van der Waals surface area (Å²) >= 11 is 0. The van der Waals surface area contributed by atoms with Gasteiger partial charge in [0.25, 0.3) is 0 Å². The van der Waals surface area contributed by atoms with Gasteiger partial charge in [-0.15, -0.1) is 12.4 Å². The van der Waals surface area contributed by atoms with Gasteiger partial charge in [0, 0.05) is 26.4 Å². The van der Waals surface area contributed by atoms with Crippen LogP contribution >= 0.6 is 12.4 Å². The standard InChI is InChI=1S/2C5H10O.ClH.Sn.2H/c2*1-2-4-6-5-3-1;;;;/h2*1-5H2;1H;;;. The van der Waals surface area contributed by atoms with Crippen LogP contribution in [0.3, 0.4) is 0 Å². The third-order valence-electron chi connectivity index (χ3n) is 2.15. The Morgan fingerprint density at radius 2 is 0.786 bits per heavy atom. The van der Waals surface area contributed by atoms with E-state index in [4.69, 9.17) is 9.47 Å². The molecule has 2 saturated heterocycles. The number of ether oxygens (including phenoxy) is 2. The van der Waals surface area contributed by atoms with Gasteiger partial charge in [0.15, 0.2) is 0 Å². The molecule has 2 aliphatic rings. The van der Waals surface area contributed by atoms with Gasteiger partial charge < -0.3 is 9.47 Å². The van der Waals surface area contributed by atoms with Crippen LogP contribution in [-0.2, 0) is 9.47 Å². The van der Waals surface area contributed by atoms with Crippen molar-refractivity contribution in [3.8, 4) is 0 Å². The van der Waals surface area contributed by atoms with Crippen molar-refractivity contribution in [2.75, 3.05) is 26.4 Å². The van der Waals surface area contributed by atoms with Crippen molar-refractivity contribution in [2.45, 2.75) is 38.5 Å². The summed E-state index contributed by atoms with van der Waals surface area (Å²) in [6.45, 7) is 4.00. The molecule has 2 nitrogen and oxygen atoms in total. The molecule has 0 N–H and O–H groups in total. The van der Waals surface area contributed by atoms with Crippen LogP contribution in [0.4, 0.5) is 0 Å². The molecule has 0 unspecified atom stereocenters. The van der Waals surface area contributed by atoms with E-state index in [1.807, 2.05) is 0 Å². The molecule has 0 spiro atoms. The van der Waals surface area contributed by atoms with Crippen LogP contribution < -0.4 is 0 Å². The van der Waals surface area contributed by atoms with E-state index in [0.29, 0.717) is 0 Å². The summed E-state index contributed by atoms with van der Waals surface area (Å²) in [5, 5.41) is 0. The molecule has 0 aromatic heterocycles. The van der Waals surface area contributed by atoms with E-state index < -0.39 is 0 Å². The van der Waals surface area contributed by atoms with Crippen molar-refractivity contribution >= 4 is 36.3 Å². The summed E-state index contributed by atoms with van der Waals surface area (Å²) in [4.78, 5) is 0. The summed E-state index contributed by atoms with van der Waals surface area (Å²) in [7, 11) is 0. The Bertz CT molecular complexity index is 61.1. The first-order valence-corrected chi connectivity index (χ1v) is 5.15. The van der Waals surface area contributed by atoms with Gasteiger partial charge >= 0.3 is 23.9 Å². The summed E-state index contributed by atoms with van der Waals surface area (Å²) in [5.41, 5.74) is 0.